The SMILES string of the molecule is Nc1ccnc(-c2cc(N)ccn2)c1.Nc1ccnc(-c2cc(N)ccn2)c1.[Cl-].[Ru+3]. The average Bonchev–Trinajstić information content (AvgIpc) is 2.69. The van der Waals surface area contributed by atoms with E-state index >= 15 is 0 Å². The summed E-state index contributed by atoms with van der Waals surface area (Å²) in [4.78, 5) is 16.6. The number of hydrogen-bond donors (Lipinski definition) is 4. The molecule has 0 aliphatic heterocycles. The van der Waals surface area contributed by atoms with Gasteiger partial charge in [0.2, 0.25) is 0 Å². The maximum absolute atomic E-state index is 5.63. The minimum Gasteiger partial charge on any atom is -1.00 e. The summed E-state index contributed by atoms with van der Waals surface area (Å²) in [7, 11) is 0. The third kappa shape index (κ3) is 6.95. The summed E-state index contributed by atoms with van der Waals surface area (Å²) in [6.07, 6.45) is 6.59. The molecular formula is C20H20ClN8Ru+2. The molecule has 0 saturated carbocycles. The third-order valence-corrected chi connectivity index (χ3v) is 3.66. The van der Waals surface area contributed by atoms with Gasteiger partial charge in [-0.15, -0.1) is 0 Å². The van der Waals surface area contributed by atoms with Crippen LogP contribution in [0.5, 0.6) is 0 Å². The summed E-state index contributed by atoms with van der Waals surface area (Å²) in [6, 6.07) is 14.0. The molecule has 0 aliphatic rings. The molecule has 0 saturated heterocycles. The van der Waals surface area contributed by atoms with Gasteiger partial charge in [-0.3, -0.25) is 19.9 Å². The Morgan fingerprint density at radius 3 is 0.800 bits per heavy atom. The Morgan fingerprint density at radius 1 is 0.433 bits per heavy atom. The normalized spacial score (nSPS) is 9.33. The molecule has 0 unspecified atom stereocenters. The number of rotatable bonds is 2. The number of halogens is 1. The fourth-order valence-corrected chi connectivity index (χ4v) is 2.35. The fourth-order valence-electron chi connectivity index (χ4n) is 2.35. The van der Waals surface area contributed by atoms with E-state index in [-0.39, 0.29) is 31.9 Å². The van der Waals surface area contributed by atoms with Gasteiger partial charge in [-0.25, -0.2) is 0 Å². The molecule has 0 aliphatic carbocycles. The van der Waals surface area contributed by atoms with Crippen LogP contribution in [0.3, 0.4) is 0 Å². The van der Waals surface area contributed by atoms with Crippen LogP contribution in [0.15, 0.2) is 73.3 Å². The van der Waals surface area contributed by atoms with Crippen molar-refractivity contribution in [3.8, 4) is 22.8 Å². The zero-order chi connectivity index (χ0) is 19.9. The predicted octanol–water partition coefficient (Wildman–Crippen LogP) is -0.382. The van der Waals surface area contributed by atoms with E-state index in [2.05, 4.69) is 19.9 Å². The van der Waals surface area contributed by atoms with Gasteiger partial charge >= 0.3 is 19.5 Å². The van der Waals surface area contributed by atoms with E-state index in [1.165, 1.54) is 0 Å². The van der Waals surface area contributed by atoms with Gasteiger partial charge in [0.1, 0.15) is 0 Å². The molecule has 4 heterocycles. The van der Waals surface area contributed by atoms with Gasteiger partial charge in [0, 0.05) is 47.5 Å². The van der Waals surface area contributed by atoms with Crippen LogP contribution in [-0.2, 0) is 19.5 Å². The van der Waals surface area contributed by atoms with E-state index in [0.29, 0.717) is 22.7 Å². The Hall–Kier alpha value is -3.29. The number of hydrogen-bond acceptors (Lipinski definition) is 8. The van der Waals surface area contributed by atoms with Crippen LogP contribution in [0.25, 0.3) is 22.8 Å². The Morgan fingerprint density at radius 2 is 0.633 bits per heavy atom. The first kappa shape index (κ1) is 24.8. The van der Waals surface area contributed by atoms with E-state index in [1.54, 1.807) is 73.3 Å². The Balaban J connectivity index is 0.000000281. The van der Waals surface area contributed by atoms with E-state index in [9.17, 15) is 0 Å². The van der Waals surface area contributed by atoms with Crippen molar-refractivity contribution in [2.45, 2.75) is 0 Å². The van der Waals surface area contributed by atoms with Crippen molar-refractivity contribution >= 4 is 22.7 Å². The van der Waals surface area contributed by atoms with Gasteiger partial charge in [-0.1, -0.05) is 0 Å². The van der Waals surface area contributed by atoms with Crippen LogP contribution < -0.4 is 35.3 Å². The smallest absolute Gasteiger partial charge is 1.00 e. The number of pyridine rings is 4. The van der Waals surface area contributed by atoms with Crippen molar-refractivity contribution in [3.05, 3.63) is 73.3 Å². The second kappa shape index (κ2) is 11.7. The molecular weight excluding hydrogens is 489 g/mol. The zero-order valence-electron chi connectivity index (χ0n) is 15.8. The molecule has 0 amide bonds. The first-order valence-electron chi connectivity index (χ1n) is 8.38. The molecule has 4 aromatic heterocycles. The summed E-state index contributed by atoms with van der Waals surface area (Å²) in [6.45, 7) is 0. The van der Waals surface area contributed by atoms with Crippen molar-refractivity contribution in [2.24, 2.45) is 0 Å². The number of nitrogens with zero attached hydrogens (tertiary/aromatic N) is 4. The summed E-state index contributed by atoms with van der Waals surface area (Å²) in [5.41, 5.74) is 28.1. The standard InChI is InChI=1S/2C10H10N4.ClH.Ru/c2*11-7-1-3-13-9(5-7)10-6-8(12)2-4-14-10;;/h2*1-6H,(H2,11,13)(H2,12,14);1H;/q;;;+3/p-1. The Bertz CT molecular complexity index is 919. The minimum absolute atomic E-state index is 0. The number of aromatic nitrogens is 4. The monoisotopic (exact) mass is 509 g/mol. The largest absolute Gasteiger partial charge is 3.00 e. The zero-order valence-corrected chi connectivity index (χ0v) is 18.3. The summed E-state index contributed by atoms with van der Waals surface area (Å²) >= 11 is 0. The molecule has 0 bridgehead atoms. The van der Waals surface area contributed by atoms with Crippen LogP contribution in [0.1, 0.15) is 0 Å². The molecule has 8 nitrogen and oxygen atoms in total. The second-order valence-electron chi connectivity index (χ2n) is 5.90. The van der Waals surface area contributed by atoms with Crippen LogP contribution in [-0.4, -0.2) is 19.9 Å². The quantitative estimate of drug-likeness (QED) is 0.267. The molecule has 10 heteroatoms. The first-order valence-corrected chi connectivity index (χ1v) is 8.38. The van der Waals surface area contributed by atoms with Crippen molar-refractivity contribution in [2.75, 3.05) is 22.9 Å². The molecule has 4 aromatic rings. The number of nitrogen functional groups attached to an aromatic ring is 4. The molecule has 0 aromatic carbocycles. The molecule has 153 valence electrons. The Labute approximate surface area is 193 Å². The molecule has 0 atom stereocenters. The van der Waals surface area contributed by atoms with Gasteiger partial charge in [-0.2, -0.15) is 0 Å². The van der Waals surface area contributed by atoms with Gasteiger partial charge < -0.3 is 35.3 Å². The molecule has 0 spiro atoms. The predicted molar refractivity (Wildman–Crippen MR) is 113 cm³/mol. The van der Waals surface area contributed by atoms with Gasteiger partial charge in [0.25, 0.3) is 0 Å². The third-order valence-electron chi connectivity index (χ3n) is 3.66. The molecule has 8 N–H and O–H groups in total. The van der Waals surface area contributed by atoms with Crippen LogP contribution in [0.4, 0.5) is 22.7 Å². The molecule has 0 fully saturated rings. The van der Waals surface area contributed by atoms with E-state index in [1.807, 2.05) is 0 Å². The van der Waals surface area contributed by atoms with Crippen molar-refractivity contribution in [1.29, 1.82) is 0 Å². The van der Waals surface area contributed by atoms with Crippen LogP contribution in [0, 0.1) is 0 Å². The summed E-state index contributed by atoms with van der Waals surface area (Å²) in [5.74, 6) is 0. The molecule has 4 rings (SSSR count). The topological polar surface area (TPSA) is 156 Å². The average molecular weight is 509 g/mol. The fraction of sp³-hybridized carbons (Fsp3) is 0. The second-order valence-corrected chi connectivity index (χ2v) is 5.90. The van der Waals surface area contributed by atoms with Crippen molar-refractivity contribution in [3.63, 3.8) is 0 Å². The van der Waals surface area contributed by atoms with Crippen molar-refractivity contribution in [1.82, 2.24) is 19.9 Å². The maximum Gasteiger partial charge on any atom is 3.00 e. The Kier molecular flexibility index (Phi) is 9.61. The molecule has 1 radical (unpaired) electrons. The maximum atomic E-state index is 5.63. The van der Waals surface area contributed by atoms with Crippen LogP contribution >= 0.6 is 0 Å². The van der Waals surface area contributed by atoms with Gasteiger partial charge in [-0.05, 0) is 48.5 Å². The first-order chi connectivity index (χ1) is 13.5. The van der Waals surface area contributed by atoms with Crippen molar-refractivity contribution < 1.29 is 31.9 Å². The number of anilines is 4. The number of nitrogens with two attached hydrogens (primary N) is 4. The van der Waals surface area contributed by atoms with Gasteiger partial charge in [0.15, 0.2) is 0 Å². The van der Waals surface area contributed by atoms with E-state index < -0.39 is 0 Å². The summed E-state index contributed by atoms with van der Waals surface area (Å²) in [5, 5.41) is 0. The van der Waals surface area contributed by atoms with E-state index in [4.69, 9.17) is 22.9 Å². The molecule has 30 heavy (non-hydrogen) atoms. The summed E-state index contributed by atoms with van der Waals surface area (Å²) < 4.78 is 0. The van der Waals surface area contributed by atoms with Gasteiger partial charge in [0.05, 0.1) is 22.8 Å². The minimum atomic E-state index is 0. The van der Waals surface area contributed by atoms with Crippen LogP contribution in [0.2, 0.25) is 0 Å². The van der Waals surface area contributed by atoms with E-state index in [0.717, 1.165) is 22.8 Å².